The van der Waals surface area contributed by atoms with Gasteiger partial charge < -0.3 is 4.52 Å². The van der Waals surface area contributed by atoms with Crippen molar-refractivity contribution in [3.05, 3.63) is 95.8 Å². The van der Waals surface area contributed by atoms with Gasteiger partial charge in [-0.25, -0.2) is 0 Å². The summed E-state index contributed by atoms with van der Waals surface area (Å²) in [4.78, 5) is 4.71. The number of hydrogen-bond acceptors (Lipinski definition) is 3. The van der Waals surface area contributed by atoms with Crippen LogP contribution >= 0.6 is 0 Å². The quantitative estimate of drug-likeness (QED) is 0.367. The van der Waals surface area contributed by atoms with Gasteiger partial charge in [-0.15, -0.1) is 0 Å². The zero-order valence-corrected chi connectivity index (χ0v) is 15.5. The highest BCUT2D eigenvalue weighted by atomic mass is 16.5. The molecule has 0 unspecified atom stereocenters. The van der Waals surface area contributed by atoms with E-state index in [0.717, 1.165) is 33.5 Å². The van der Waals surface area contributed by atoms with Crippen LogP contribution in [-0.4, -0.2) is 10.1 Å². The predicted octanol–water partition coefficient (Wildman–Crippen LogP) is 6.52. The summed E-state index contributed by atoms with van der Waals surface area (Å²) in [7, 11) is 0. The Morgan fingerprint density at radius 2 is 1.57 bits per heavy atom. The Balaban J connectivity index is 1.73. The van der Waals surface area contributed by atoms with Crippen LogP contribution in [0.1, 0.15) is 16.8 Å². The predicted molar refractivity (Wildman–Crippen MR) is 115 cm³/mol. The molecule has 0 aliphatic rings. The first kappa shape index (κ1) is 16.5. The Bertz CT molecular complexity index is 1320. The number of aryl methyl sites for hydroxylation is 1. The SMILES string of the molecule is Cc1ccc(-c2nccc3onc(C=Cc4ccccc4)c23)c2ccccc12. The second-order valence-corrected chi connectivity index (χ2v) is 6.82. The third kappa shape index (κ3) is 2.78. The molecule has 0 saturated carbocycles. The Hall–Kier alpha value is -3.72. The maximum Gasteiger partial charge on any atom is 0.171 e. The molecule has 5 rings (SSSR count). The summed E-state index contributed by atoms with van der Waals surface area (Å²) in [5.41, 5.74) is 5.87. The van der Waals surface area contributed by atoms with Crippen LogP contribution < -0.4 is 0 Å². The van der Waals surface area contributed by atoms with Crippen molar-refractivity contribution in [2.24, 2.45) is 0 Å². The molecule has 0 bridgehead atoms. The molecule has 0 amide bonds. The lowest BCUT2D eigenvalue weighted by molar-refractivity contribution is 0.454. The average Bonchev–Trinajstić information content (AvgIpc) is 3.17. The first-order valence-electron chi connectivity index (χ1n) is 9.27. The average molecular weight is 362 g/mol. The van der Waals surface area contributed by atoms with Gasteiger partial charge in [0.2, 0.25) is 0 Å². The van der Waals surface area contributed by atoms with Gasteiger partial charge in [0.15, 0.2) is 5.58 Å². The topological polar surface area (TPSA) is 38.9 Å². The van der Waals surface area contributed by atoms with Crippen LogP contribution in [0.5, 0.6) is 0 Å². The van der Waals surface area contributed by atoms with E-state index in [4.69, 9.17) is 9.51 Å². The summed E-state index contributed by atoms with van der Waals surface area (Å²) >= 11 is 0. The lowest BCUT2D eigenvalue weighted by Gasteiger charge is -2.09. The maximum absolute atomic E-state index is 5.59. The van der Waals surface area contributed by atoms with Gasteiger partial charge >= 0.3 is 0 Å². The Kier molecular flexibility index (Phi) is 3.99. The highest BCUT2D eigenvalue weighted by molar-refractivity contribution is 6.06. The van der Waals surface area contributed by atoms with E-state index >= 15 is 0 Å². The van der Waals surface area contributed by atoms with Crippen molar-refractivity contribution >= 4 is 33.9 Å². The molecule has 0 radical (unpaired) electrons. The second kappa shape index (κ2) is 6.78. The molecule has 0 fully saturated rings. The van der Waals surface area contributed by atoms with E-state index in [1.807, 2.05) is 36.4 Å². The van der Waals surface area contributed by atoms with Crippen LogP contribution in [-0.2, 0) is 0 Å². The summed E-state index contributed by atoms with van der Waals surface area (Å²) in [6, 6.07) is 24.7. The Morgan fingerprint density at radius 1 is 0.786 bits per heavy atom. The van der Waals surface area contributed by atoms with E-state index in [2.05, 4.69) is 60.6 Å². The van der Waals surface area contributed by atoms with Crippen molar-refractivity contribution in [3.63, 3.8) is 0 Å². The molecule has 2 heterocycles. The van der Waals surface area contributed by atoms with Crippen LogP contribution in [0.3, 0.4) is 0 Å². The second-order valence-electron chi connectivity index (χ2n) is 6.82. The zero-order chi connectivity index (χ0) is 18.9. The van der Waals surface area contributed by atoms with Gasteiger partial charge in [0.05, 0.1) is 11.1 Å². The van der Waals surface area contributed by atoms with Crippen LogP contribution in [0.2, 0.25) is 0 Å². The van der Waals surface area contributed by atoms with Gasteiger partial charge in [0.25, 0.3) is 0 Å². The number of fused-ring (bicyclic) bond motifs is 2. The van der Waals surface area contributed by atoms with E-state index in [0.29, 0.717) is 0 Å². The molecule has 0 N–H and O–H groups in total. The first-order chi connectivity index (χ1) is 13.8. The van der Waals surface area contributed by atoms with E-state index in [1.54, 1.807) is 6.20 Å². The van der Waals surface area contributed by atoms with Crippen LogP contribution in [0.25, 0.3) is 45.2 Å². The molecule has 3 nitrogen and oxygen atoms in total. The number of hydrogen-bond donors (Lipinski definition) is 0. The Morgan fingerprint density at radius 3 is 2.43 bits per heavy atom. The lowest BCUT2D eigenvalue weighted by atomic mass is 9.96. The number of pyridine rings is 1. The normalized spacial score (nSPS) is 11.6. The molecule has 0 atom stereocenters. The highest BCUT2D eigenvalue weighted by Crippen LogP contribution is 2.35. The van der Waals surface area contributed by atoms with Crippen LogP contribution in [0.15, 0.2) is 83.5 Å². The van der Waals surface area contributed by atoms with Gasteiger partial charge in [-0.1, -0.05) is 78.0 Å². The number of aromatic nitrogens is 2. The molecule has 0 spiro atoms. The number of rotatable bonds is 3. The van der Waals surface area contributed by atoms with E-state index in [1.165, 1.54) is 16.3 Å². The first-order valence-corrected chi connectivity index (χ1v) is 9.27. The summed E-state index contributed by atoms with van der Waals surface area (Å²) in [6.07, 6.45) is 5.81. The van der Waals surface area contributed by atoms with Crippen LogP contribution in [0, 0.1) is 6.92 Å². The van der Waals surface area contributed by atoms with Gasteiger partial charge in [-0.05, 0) is 34.9 Å². The van der Waals surface area contributed by atoms with Crippen molar-refractivity contribution in [1.29, 1.82) is 0 Å². The van der Waals surface area contributed by atoms with E-state index in [9.17, 15) is 0 Å². The van der Waals surface area contributed by atoms with Crippen molar-refractivity contribution in [2.75, 3.05) is 0 Å². The summed E-state index contributed by atoms with van der Waals surface area (Å²) in [5.74, 6) is 0. The number of nitrogens with zero attached hydrogens (tertiary/aromatic N) is 2. The van der Waals surface area contributed by atoms with E-state index < -0.39 is 0 Å². The Labute approximate surface area is 162 Å². The molecule has 5 aromatic rings. The van der Waals surface area contributed by atoms with Gasteiger partial charge in [0, 0.05) is 17.8 Å². The molecule has 3 aromatic carbocycles. The molecular formula is C25H18N2O. The molecule has 134 valence electrons. The zero-order valence-electron chi connectivity index (χ0n) is 15.5. The standard InChI is InChI=1S/C25H18N2O/c1-17-11-13-21(20-10-6-5-9-19(17)20)25-24-22(27-28-23(24)15-16-26-25)14-12-18-7-3-2-4-8-18/h2-16H,1H3. The van der Waals surface area contributed by atoms with Gasteiger partial charge in [0.1, 0.15) is 5.69 Å². The largest absolute Gasteiger partial charge is 0.356 e. The van der Waals surface area contributed by atoms with Crippen molar-refractivity contribution in [3.8, 4) is 11.3 Å². The van der Waals surface area contributed by atoms with Gasteiger partial charge in [-0.2, -0.15) is 0 Å². The van der Waals surface area contributed by atoms with Crippen molar-refractivity contribution < 1.29 is 4.52 Å². The number of benzene rings is 3. The third-order valence-corrected chi connectivity index (χ3v) is 5.04. The summed E-state index contributed by atoms with van der Waals surface area (Å²) < 4.78 is 5.59. The fraction of sp³-hybridized carbons (Fsp3) is 0.0400. The monoisotopic (exact) mass is 362 g/mol. The smallest absolute Gasteiger partial charge is 0.171 e. The third-order valence-electron chi connectivity index (χ3n) is 5.04. The van der Waals surface area contributed by atoms with Gasteiger partial charge in [-0.3, -0.25) is 4.98 Å². The van der Waals surface area contributed by atoms with E-state index in [-0.39, 0.29) is 0 Å². The molecule has 0 aliphatic carbocycles. The summed E-state index contributed by atoms with van der Waals surface area (Å²) in [5, 5.41) is 7.64. The molecule has 2 aromatic heterocycles. The highest BCUT2D eigenvalue weighted by Gasteiger charge is 2.16. The minimum Gasteiger partial charge on any atom is -0.356 e. The molecule has 28 heavy (non-hydrogen) atoms. The minimum atomic E-state index is 0.738. The maximum atomic E-state index is 5.59. The fourth-order valence-corrected chi connectivity index (χ4v) is 3.63. The fourth-order valence-electron chi connectivity index (χ4n) is 3.63. The van der Waals surface area contributed by atoms with Crippen molar-refractivity contribution in [2.45, 2.75) is 6.92 Å². The molecule has 0 aliphatic heterocycles. The molecule has 3 heteroatoms. The van der Waals surface area contributed by atoms with Crippen LogP contribution in [0.4, 0.5) is 0 Å². The lowest BCUT2D eigenvalue weighted by Crippen LogP contribution is -1.89. The molecule has 0 saturated heterocycles. The minimum absolute atomic E-state index is 0.738. The molecular weight excluding hydrogens is 344 g/mol. The summed E-state index contributed by atoms with van der Waals surface area (Å²) in [6.45, 7) is 2.13. The van der Waals surface area contributed by atoms with Crippen molar-refractivity contribution in [1.82, 2.24) is 10.1 Å².